The maximum absolute atomic E-state index is 13.1. The minimum Gasteiger partial charge on any atom is -0.478 e. The number of carbonyl (C=O) groups is 2. The summed E-state index contributed by atoms with van der Waals surface area (Å²) in [6, 6.07) is 26.8. The van der Waals surface area contributed by atoms with Gasteiger partial charge in [-0.15, -0.1) is 0 Å². The molecular formula is C34H31N2O5+. The fraction of sp³-hybridized carbons (Fsp3) is 0.176. The number of nitrogens with zero attached hydrogens (tertiary/aromatic N) is 1. The van der Waals surface area contributed by atoms with Crippen molar-refractivity contribution in [3.8, 4) is 22.6 Å². The van der Waals surface area contributed by atoms with Crippen molar-refractivity contribution in [2.45, 2.75) is 26.9 Å². The molecule has 7 nitrogen and oxygen atoms in total. The lowest BCUT2D eigenvalue weighted by Crippen LogP contribution is -2.40. The molecule has 0 aliphatic carbocycles. The number of benzene rings is 4. The van der Waals surface area contributed by atoms with Crippen LogP contribution in [0.3, 0.4) is 0 Å². The van der Waals surface area contributed by atoms with Crippen molar-refractivity contribution in [2.24, 2.45) is 0 Å². The van der Waals surface area contributed by atoms with Gasteiger partial charge in [-0.2, -0.15) is 0 Å². The predicted octanol–water partition coefficient (Wildman–Crippen LogP) is 6.61. The highest BCUT2D eigenvalue weighted by atomic mass is 16.7. The number of carbonyl (C=O) groups excluding carboxylic acids is 1. The van der Waals surface area contributed by atoms with E-state index in [1.165, 1.54) is 11.3 Å². The molecule has 1 atom stereocenters. The smallest absolute Gasteiger partial charge is 0.336 e. The molecule has 6 rings (SSSR count). The summed E-state index contributed by atoms with van der Waals surface area (Å²) in [5.74, 6) is 0.349. The predicted molar refractivity (Wildman–Crippen MR) is 159 cm³/mol. The van der Waals surface area contributed by atoms with Gasteiger partial charge in [0.15, 0.2) is 11.5 Å². The molecule has 41 heavy (non-hydrogen) atoms. The summed E-state index contributed by atoms with van der Waals surface area (Å²) < 4.78 is 11.4. The molecule has 2 aliphatic rings. The molecule has 0 aromatic heterocycles. The van der Waals surface area contributed by atoms with E-state index in [0.29, 0.717) is 27.9 Å². The third kappa shape index (κ3) is 4.74. The number of rotatable bonds is 7. The van der Waals surface area contributed by atoms with Crippen molar-refractivity contribution in [1.82, 2.24) is 9.80 Å². The first-order valence-electron chi connectivity index (χ1n) is 13.5. The average molecular weight is 548 g/mol. The zero-order chi connectivity index (χ0) is 28.7. The molecule has 2 N–H and O–H groups in total. The first-order chi connectivity index (χ1) is 19.7. The van der Waals surface area contributed by atoms with Gasteiger partial charge in [0.2, 0.25) is 6.79 Å². The Labute approximate surface area is 238 Å². The number of aromatic carboxylic acids is 1. The molecule has 206 valence electrons. The highest BCUT2D eigenvalue weighted by Gasteiger charge is 2.39. The molecule has 4 aromatic rings. The van der Waals surface area contributed by atoms with Gasteiger partial charge in [0, 0.05) is 41.8 Å². The van der Waals surface area contributed by atoms with E-state index in [0.717, 1.165) is 40.2 Å². The lowest BCUT2D eigenvalue weighted by molar-refractivity contribution is 0.0697. The Morgan fingerprint density at radius 1 is 0.854 bits per heavy atom. The average Bonchev–Trinajstić information content (AvgIpc) is 3.53. The Morgan fingerprint density at radius 3 is 2.37 bits per heavy atom. The number of hydrogen-bond acceptors (Lipinski definition) is 4. The van der Waals surface area contributed by atoms with E-state index in [-0.39, 0.29) is 18.3 Å². The summed E-state index contributed by atoms with van der Waals surface area (Å²) in [4.78, 5) is 24.8. The van der Waals surface area contributed by atoms with E-state index >= 15 is 0 Å². The molecule has 7 heteroatoms. The molecule has 0 radical (unpaired) electrons. The Hall–Kier alpha value is -4.88. The largest absolute Gasteiger partial charge is 0.478 e. The van der Waals surface area contributed by atoms with Crippen molar-refractivity contribution in [3.63, 3.8) is 0 Å². The van der Waals surface area contributed by atoms with E-state index in [1.54, 1.807) is 12.1 Å². The second-order valence-electron chi connectivity index (χ2n) is 10.7. The van der Waals surface area contributed by atoms with Crippen molar-refractivity contribution in [2.75, 3.05) is 13.8 Å². The van der Waals surface area contributed by atoms with Crippen LogP contribution in [0.2, 0.25) is 0 Å². The first-order valence-corrected chi connectivity index (χ1v) is 13.5. The van der Waals surface area contributed by atoms with E-state index in [4.69, 9.17) is 9.47 Å². The zero-order valence-corrected chi connectivity index (χ0v) is 23.2. The molecule has 0 saturated heterocycles. The number of allylic oxidation sites excluding steroid dienone is 2. The van der Waals surface area contributed by atoms with Crippen molar-refractivity contribution in [3.05, 3.63) is 118 Å². The normalized spacial score (nSPS) is 17.0. The minimum atomic E-state index is -0.936. The van der Waals surface area contributed by atoms with Gasteiger partial charge in [-0.3, -0.25) is 9.28 Å². The minimum absolute atomic E-state index is 0.130. The number of nitrogens with one attached hydrogen (secondary N) is 1. The van der Waals surface area contributed by atoms with Gasteiger partial charge in [0.25, 0.3) is 5.91 Å². The van der Waals surface area contributed by atoms with Crippen LogP contribution >= 0.6 is 0 Å². The lowest BCUT2D eigenvalue weighted by Gasteiger charge is -2.31. The fourth-order valence-electron chi connectivity index (χ4n) is 5.77. The van der Waals surface area contributed by atoms with Crippen LogP contribution in [-0.4, -0.2) is 30.8 Å². The molecule has 0 bridgehead atoms. The summed E-state index contributed by atoms with van der Waals surface area (Å²) >= 11 is 0. The summed E-state index contributed by atoms with van der Waals surface area (Å²) in [6.07, 6.45) is 0. The highest BCUT2D eigenvalue weighted by molar-refractivity contribution is 5.97. The van der Waals surface area contributed by atoms with Gasteiger partial charge >= 0.3 is 5.97 Å². The second-order valence-corrected chi connectivity index (χ2v) is 10.7. The molecular weight excluding hydrogens is 516 g/mol. The van der Waals surface area contributed by atoms with Crippen LogP contribution in [0.1, 0.15) is 51.3 Å². The number of hydrogen-bond donors (Lipinski definition) is 2. The van der Waals surface area contributed by atoms with Gasteiger partial charge in [-0.1, -0.05) is 48.5 Å². The van der Waals surface area contributed by atoms with E-state index in [9.17, 15) is 14.7 Å². The molecule has 1 amide bonds. The van der Waals surface area contributed by atoms with Gasteiger partial charge < -0.3 is 19.9 Å². The van der Waals surface area contributed by atoms with Gasteiger partial charge in [0.05, 0.1) is 12.6 Å². The summed E-state index contributed by atoms with van der Waals surface area (Å²) in [5, 5.41) is 12.6. The van der Waals surface area contributed by atoms with Crippen LogP contribution in [-0.2, 0) is 13.1 Å². The maximum Gasteiger partial charge on any atom is 0.336 e. The SMILES string of the molecule is CC1=C(C)[N+](C)(Cc2ccc(-c3ccccc3C(=O)O)cc2)c2ccc(C(=O)NCc3ccc4c(c3)OCO4)cc21. The number of fused-ring (bicyclic) bond motifs is 2. The van der Waals surface area contributed by atoms with Crippen LogP contribution < -0.4 is 19.3 Å². The monoisotopic (exact) mass is 547 g/mol. The Kier molecular flexibility index (Phi) is 6.59. The quantitative estimate of drug-likeness (QED) is 0.254. The number of carboxylic acid groups (broad SMARTS) is 1. The molecule has 2 heterocycles. The topological polar surface area (TPSA) is 84.9 Å². The first kappa shape index (κ1) is 26.3. The van der Waals surface area contributed by atoms with Gasteiger partial charge in [-0.25, -0.2) is 4.79 Å². The maximum atomic E-state index is 13.1. The molecule has 0 spiro atoms. The summed E-state index contributed by atoms with van der Waals surface area (Å²) in [6.45, 7) is 5.59. The van der Waals surface area contributed by atoms with Gasteiger partial charge in [0.1, 0.15) is 17.9 Å². The Morgan fingerprint density at radius 2 is 1.59 bits per heavy atom. The van der Waals surface area contributed by atoms with Crippen LogP contribution in [0, 0.1) is 0 Å². The molecule has 0 fully saturated rings. The number of quaternary nitrogens is 1. The lowest BCUT2D eigenvalue weighted by atomic mass is 9.98. The standard InChI is InChI=1S/C34H30N2O5/c1-21-22(2)36(3,19-23-8-11-25(12-9-23)27-6-4-5-7-28(27)34(38)39)30-14-13-26(17-29(21)30)33(37)35-18-24-10-15-31-32(16-24)41-20-40-31/h4-17H,18-20H2,1-3H3,(H-,35,37,38,39)/p+1. The summed E-state index contributed by atoms with van der Waals surface area (Å²) in [5.41, 5.74) is 9.17. The van der Waals surface area contributed by atoms with E-state index in [2.05, 4.69) is 44.4 Å². The van der Waals surface area contributed by atoms with E-state index < -0.39 is 5.97 Å². The third-order valence-corrected chi connectivity index (χ3v) is 8.29. The second kappa shape index (κ2) is 10.3. The third-order valence-electron chi connectivity index (χ3n) is 8.29. The molecule has 0 saturated carbocycles. The van der Waals surface area contributed by atoms with E-state index in [1.807, 2.05) is 54.6 Å². The Balaban J connectivity index is 1.20. The van der Waals surface area contributed by atoms with Crippen molar-refractivity contribution >= 4 is 23.1 Å². The van der Waals surface area contributed by atoms with Crippen LogP contribution in [0.4, 0.5) is 5.69 Å². The van der Waals surface area contributed by atoms with Crippen molar-refractivity contribution in [1.29, 1.82) is 0 Å². The van der Waals surface area contributed by atoms with Gasteiger partial charge in [-0.05, 0) is 53.9 Å². The highest BCUT2D eigenvalue weighted by Crippen LogP contribution is 2.45. The zero-order valence-electron chi connectivity index (χ0n) is 23.2. The molecule has 1 unspecified atom stereocenters. The molecule has 4 aromatic carbocycles. The van der Waals surface area contributed by atoms with Crippen molar-refractivity contribution < 1.29 is 24.2 Å². The van der Waals surface area contributed by atoms with Crippen LogP contribution in [0.5, 0.6) is 11.5 Å². The van der Waals surface area contributed by atoms with Crippen LogP contribution in [0.15, 0.2) is 90.6 Å². The number of carboxylic acids is 1. The molecule has 2 aliphatic heterocycles. The Bertz CT molecular complexity index is 1720. The fourth-order valence-corrected chi connectivity index (χ4v) is 5.77. The summed E-state index contributed by atoms with van der Waals surface area (Å²) in [7, 11) is 2.19. The van der Waals surface area contributed by atoms with Crippen LogP contribution in [0.25, 0.3) is 16.7 Å². The number of amides is 1. The number of ether oxygens (including phenoxy) is 2.